The molecule has 22 heavy (non-hydrogen) atoms. The van der Waals surface area contributed by atoms with Crippen LogP contribution in [0.5, 0.6) is 0 Å². The zero-order chi connectivity index (χ0) is 17.4. The largest absolute Gasteiger partial charge is 0.363 e. The molecule has 0 N–H and O–H groups in total. The standard InChI is InChI=1S/C20H43NO/c1-10-12-13-14-21(17(3)11-2)18(4)22-16-20(8,9)15-19(5,6)7/h17-18H,10-16H2,1-9H3. The maximum atomic E-state index is 6.29. The van der Waals surface area contributed by atoms with E-state index in [9.17, 15) is 0 Å². The first-order valence-corrected chi connectivity index (χ1v) is 9.39. The third-order valence-electron chi connectivity index (χ3n) is 4.37. The summed E-state index contributed by atoms with van der Waals surface area (Å²) in [5.74, 6) is 0. The highest BCUT2D eigenvalue weighted by molar-refractivity contribution is 4.77. The second-order valence-electron chi connectivity index (χ2n) is 9.01. The lowest BCUT2D eigenvalue weighted by molar-refractivity contribution is -0.0943. The molecule has 2 heteroatoms. The van der Waals surface area contributed by atoms with Crippen LogP contribution in [0.25, 0.3) is 0 Å². The predicted octanol–water partition coefficient (Wildman–Crippen LogP) is 6.10. The lowest BCUT2D eigenvalue weighted by Crippen LogP contribution is -2.43. The molecule has 2 unspecified atom stereocenters. The number of hydrogen-bond acceptors (Lipinski definition) is 2. The van der Waals surface area contributed by atoms with Crippen LogP contribution in [0.1, 0.15) is 94.4 Å². The van der Waals surface area contributed by atoms with Crippen molar-refractivity contribution in [3.8, 4) is 0 Å². The van der Waals surface area contributed by atoms with Gasteiger partial charge in [0.15, 0.2) is 0 Å². The van der Waals surface area contributed by atoms with Gasteiger partial charge in [-0.05, 0) is 43.9 Å². The minimum absolute atomic E-state index is 0.214. The average molecular weight is 314 g/mol. The Morgan fingerprint density at radius 3 is 2.00 bits per heavy atom. The second kappa shape index (κ2) is 9.93. The van der Waals surface area contributed by atoms with Gasteiger partial charge in [-0.2, -0.15) is 0 Å². The molecule has 2 atom stereocenters. The van der Waals surface area contributed by atoms with E-state index in [4.69, 9.17) is 4.74 Å². The summed E-state index contributed by atoms with van der Waals surface area (Å²) in [6.07, 6.45) is 6.46. The fraction of sp³-hybridized carbons (Fsp3) is 1.00. The second-order valence-corrected chi connectivity index (χ2v) is 9.01. The van der Waals surface area contributed by atoms with Crippen molar-refractivity contribution in [2.45, 2.75) is 107 Å². The zero-order valence-corrected chi connectivity index (χ0v) is 17.0. The first kappa shape index (κ1) is 21.9. The predicted molar refractivity (Wildman–Crippen MR) is 99.3 cm³/mol. The Hall–Kier alpha value is -0.0800. The van der Waals surface area contributed by atoms with E-state index in [2.05, 4.69) is 67.2 Å². The summed E-state index contributed by atoms with van der Waals surface area (Å²) in [6, 6.07) is 0.595. The van der Waals surface area contributed by atoms with Crippen LogP contribution in [0.3, 0.4) is 0 Å². The van der Waals surface area contributed by atoms with Gasteiger partial charge < -0.3 is 4.74 Å². The van der Waals surface area contributed by atoms with E-state index in [0.29, 0.717) is 11.5 Å². The molecule has 134 valence electrons. The molecule has 0 amide bonds. The van der Waals surface area contributed by atoms with Gasteiger partial charge in [0.1, 0.15) is 6.23 Å². The van der Waals surface area contributed by atoms with Crippen molar-refractivity contribution in [3.05, 3.63) is 0 Å². The molecule has 0 saturated carbocycles. The molecule has 0 heterocycles. The van der Waals surface area contributed by atoms with E-state index in [-0.39, 0.29) is 11.6 Å². The van der Waals surface area contributed by atoms with E-state index in [1.807, 2.05) is 0 Å². The quantitative estimate of drug-likeness (QED) is 0.337. The Bertz CT molecular complexity index is 280. The Labute approximate surface area is 141 Å². The van der Waals surface area contributed by atoms with Crippen LogP contribution in [0.2, 0.25) is 0 Å². The monoisotopic (exact) mass is 313 g/mol. The molecule has 0 aliphatic rings. The summed E-state index contributed by atoms with van der Waals surface area (Å²) < 4.78 is 6.29. The lowest BCUT2D eigenvalue weighted by Gasteiger charge is -2.37. The Kier molecular flexibility index (Phi) is 9.89. The van der Waals surface area contributed by atoms with Gasteiger partial charge in [0, 0.05) is 12.6 Å². The van der Waals surface area contributed by atoms with Gasteiger partial charge in [0.2, 0.25) is 0 Å². The number of nitrogens with zero attached hydrogens (tertiary/aromatic N) is 1. The number of unbranched alkanes of at least 4 members (excludes halogenated alkanes) is 2. The lowest BCUT2D eigenvalue weighted by atomic mass is 9.77. The number of ether oxygens (including phenoxy) is 1. The topological polar surface area (TPSA) is 12.5 Å². The van der Waals surface area contributed by atoms with Gasteiger partial charge in [-0.3, -0.25) is 4.90 Å². The first-order valence-electron chi connectivity index (χ1n) is 9.39. The van der Waals surface area contributed by atoms with Crippen molar-refractivity contribution in [1.82, 2.24) is 4.90 Å². The van der Waals surface area contributed by atoms with E-state index in [1.165, 1.54) is 32.1 Å². The van der Waals surface area contributed by atoms with Crippen molar-refractivity contribution < 1.29 is 4.74 Å². The first-order chi connectivity index (χ1) is 10.0. The Morgan fingerprint density at radius 1 is 0.955 bits per heavy atom. The highest BCUT2D eigenvalue weighted by Crippen LogP contribution is 2.33. The summed E-state index contributed by atoms with van der Waals surface area (Å²) in [6.45, 7) is 22.7. The normalized spacial score (nSPS) is 16.1. The molecule has 2 nitrogen and oxygen atoms in total. The van der Waals surface area contributed by atoms with Gasteiger partial charge in [-0.1, -0.05) is 61.3 Å². The van der Waals surface area contributed by atoms with Crippen LogP contribution < -0.4 is 0 Å². The van der Waals surface area contributed by atoms with Crippen LogP contribution in [0, 0.1) is 10.8 Å². The van der Waals surface area contributed by atoms with E-state index in [1.54, 1.807) is 0 Å². The summed E-state index contributed by atoms with van der Waals surface area (Å²) in [5, 5.41) is 0. The average Bonchev–Trinajstić information content (AvgIpc) is 2.38. The smallest absolute Gasteiger partial charge is 0.108 e. The van der Waals surface area contributed by atoms with Crippen LogP contribution in [-0.2, 0) is 4.74 Å². The third-order valence-corrected chi connectivity index (χ3v) is 4.37. The molecule has 0 aromatic rings. The van der Waals surface area contributed by atoms with Gasteiger partial charge in [-0.25, -0.2) is 0 Å². The van der Waals surface area contributed by atoms with Gasteiger partial charge in [0.25, 0.3) is 0 Å². The van der Waals surface area contributed by atoms with Crippen LogP contribution >= 0.6 is 0 Å². The molecule has 0 radical (unpaired) electrons. The van der Waals surface area contributed by atoms with Crippen molar-refractivity contribution in [2.24, 2.45) is 10.8 Å². The minimum atomic E-state index is 0.214. The molecule has 0 aliphatic carbocycles. The fourth-order valence-electron chi connectivity index (χ4n) is 3.47. The molecule has 0 rings (SSSR count). The number of rotatable bonds is 11. The van der Waals surface area contributed by atoms with Crippen LogP contribution in [0.4, 0.5) is 0 Å². The minimum Gasteiger partial charge on any atom is -0.363 e. The Balaban J connectivity index is 4.51. The molecular weight excluding hydrogens is 270 g/mol. The van der Waals surface area contributed by atoms with Gasteiger partial charge in [0.05, 0.1) is 6.61 Å². The molecule has 0 bridgehead atoms. The summed E-state index contributed by atoms with van der Waals surface area (Å²) in [4.78, 5) is 2.54. The van der Waals surface area contributed by atoms with Crippen LogP contribution in [-0.4, -0.2) is 30.3 Å². The molecule has 0 spiro atoms. The van der Waals surface area contributed by atoms with Crippen LogP contribution in [0.15, 0.2) is 0 Å². The zero-order valence-electron chi connectivity index (χ0n) is 17.0. The maximum absolute atomic E-state index is 6.29. The summed E-state index contributed by atoms with van der Waals surface area (Å²) in [7, 11) is 0. The molecule has 0 saturated heterocycles. The molecule has 0 aliphatic heterocycles. The maximum Gasteiger partial charge on any atom is 0.108 e. The number of hydrogen-bond donors (Lipinski definition) is 0. The van der Waals surface area contributed by atoms with Crippen molar-refractivity contribution >= 4 is 0 Å². The van der Waals surface area contributed by atoms with E-state index >= 15 is 0 Å². The summed E-state index contributed by atoms with van der Waals surface area (Å²) in [5.41, 5.74) is 0.588. The van der Waals surface area contributed by atoms with Crippen molar-refractivity contribution in [3.63, 3.8) is 0 Å². The Morgan fingerprint density at radius 2 is 1.55 bits per heavy atom. The van der Waals surface area contributed by atoms with Crippen molar-refractivity contribution in [2.75, 3.05) is 13.2 Å². The summed E-state index contributed by atoms with van der Waals surface area (Å²) >= 11 is 0. The van der Waals surface area contributed by atoms with E-state index in [0.717, 1.165) is 13.2 Å². The van der Waals surface area contributed by atoms with Gasteiger partial charge >= 0.3 is 0 Å². The third kappa shape index (κ3) is 9.84. The van der Waals surface area contributed by atoms with Crippen molar-refractivity contribution in [1.29, 1.82) is 0 Å². The molecule has 0 aromatic heterocycles. The molecule has 0 fully saturated rings. The van der Waals surface area contributed by atoms with E-state index < -0.39 is 0 Å². The molecule has 0 aromatic carbocycles. The highest BCUT2D eigenvalue weighted by atomic mass is 16.5. The fourth-order valence-corrected chi connectivity index (χ4v) is 3.47. The SMILES string of the molecule is CCCCCN(C(C)CC)C(C)OCC(C)(C)CC(C)(C)C. The van der Waals surface area contributed by atoms with Gasteiger partial charge in [-0.15, -0.1) is 0 Å². The highest BCUT2D eigenvalue weighted by Gasteiger charge is 2.28. The molecular formula is C20H43NO.